The number of nitrogens with one attached hydrogen (secondary N) is 1. The summed E-state index contributed by atoms with van der Waals surface area (Å²) in [6, 6.07) is 8.27. The van der Waals surface area contributed by atoms with Crippen molar-refractivity contribution in [2.45, 2.75) is 6.92 Å². The molecule has 38 heavy (non-hydrogen) atoms. The summed E-state index contributed by atoms with van der Waals surface area (Å²) in [4.78, 5) is 50.7. The maximum atomic E-state index is 12.9. The molecule has 200 valence electrons. The third kappa shape index (κ3) is 6.51. The molecule has 2 aromatic carbocycles. The minimum Gasteiger partial charge on any atom is -0.493 e. The van der Waals surface area contributed by atoms with Gasteiger partial charge in [0.15, 0.2) is 29.6 Å². The predicted octanol–water partition coefficient (Wildman–Crippen LogP) is 3.69. The number of hydrogen-bond acceptors (Lipinski definition) is 10. The van der Waals surface area contributed by atoms with Crippen LogP contribution in [0.4, 0.5) is 10.5 Å². The summed E-state index contributed by atoms with van der Waals surface area (Å²) in [7, 11) is 1.45. The molecule has 4 rings (SSSR count). The Morgan fingerprint density at radius 1 is 1.16 bits per heavy atom. The first-order valence-electron chi connectivity index (χ1n) is 11.4. The van der Waals surface area contributed by atoms with Gasteiger partial charge in [-0.15, -0.1) is 0 Å². The Kier molecular flexibility index (Phi) is 8.99. The molecule has 1 saturated heterocycles. The van der Waals surface area contributed by atoms with Crippen molar-refractivity contribution in [3.63, 3.8) is 0 Å². The number of methoxy groups -OCH3 is 1. The smallest absolute Gasteiger partial charge is 0.344 e. The van der Waals surface area contributed by atoms with Gasteiger partial charge in [-0.3, -0.25) is 19.3 Å². The van der Waals surface area contributed by atoms with Gasteiger partial charge in [0, 0.05) is 11.8 Å². The minimum atomic E-state index is -0.589. The van der Waals surface area contributed by atoms with Gasteiger partial charge in [-0.1, -0.05) is 0 Å². The summed E-state index contributed by atoms with van der Waals surface area (Å²) >= 11 is 2.75. The molecule has 0 spiro atoms. The van der Waals surface area contributed by atoms with E-state index in [1.807, 2.05) is 22.6 Å². The van der Waals surface area contributed by atoms with E-state index in [-0.39, 0.29) is 18.1 Å². The summed E-state index contributed by atoms with van der Waals surface area (Å²) < 4.78 is 27.4. The SMILES string of the molecule is CCOC(=O)COc1c(I)cc(/C=C2/SC(=O)N(CC(=O)Nc3ccc4c(c3)OCCO4)C2=O)cc1OC. The number of anilines is 1. The van der Waals surface area contributed by atoms with Crippen molar-refractivity contribution < 1.29 is 42.9 Å². The van der Waals surface area contributed by atoms with E-state index >= 15 is 0 Å². The molecule has 0 saturated carbocycles. The molecule has 1 fully saturated rings. The average Bonchev–Trinajstić information content (AvgIpc) is 3.15. The fourth-order valence-electron chi connectivity index (χ4n) is 3.55. The molecular weight excluding hydrogens is 631 g/mol. The van der Waals surface area contributed by atoms with Crippen LogP contribution in [0.2, 0.25) is 0 Å². The highest BCUT2D eigenvalue weighted by molar-refractivity contribution is 14.1. The normalized spacial score (nSPS) is 15.4. The Morgan fingerprint density at radius 3 is 2.66 bits per heavy atom. The fourth-order valence-corrected chi connectivity index (χ4v) is 5.17. The lowest BCUT2D eigenvalue weighted by Crippen LogP contribution is -2.36. The molecule has 0 atom stereocenters. The van der Waals surface area contributed by atoms with Crippen molar-refractivity contribution in [2.24, 2.45) is 0 Å². The summed E-state index contributed by atoms with van der Waals surface area (Å²) in [6.45, 7) is 2.06. The molecule has 2 heterocycles. The largest absolute Gasteiger partial charge is 0.493 e. The van der Waals surface area contributed by atoms with Crippen molar-refractivity contribution >= 4 is 69.1 Å². The van der Waals surface area contributed by atoms with Gasteiger partial charge in [-0.2, -0.15) is 0 Å². The Morgan fingerprint density at radius 2 is 1.92 bits per heavy atom. The third-order valence-electron chi connectivity index (χ3n) is 5.19. The number of halogens is 1. The zero-order valence-electron chi connectivity index (χ0n) is 20.4. The number of thioether (sulfide) groups is 1. The number of nitrogens with zero attached hydrogens (tertiary/aromatic N) is 1. The van der Waals surface area contributed by atoms with Crippen LogP contribution < -0.4 is 24.3 Å². The topological polar surface area (TPSA) is 130 Å². The molecule has 3 amide bonds. The Balaban J connectivity index is 1.43. The fraction of sp³-hybridized carbons (Fsp3) is 0.280. The van der Waals surface area contributed by atoms with Crippen LogP contribution in [0, 0.1) is 3.57 Å². The van der Waals surface area contributed by atoms with Crippen LogP contribution in [-0.2, 0) is 19.1 Å². The van der Waals surface area contributed by atoms with Gasteiger partial charge in [0.1, 0.15) is 19.8 Å². The van der Waals surface area contributed by atoms with Crippen LogP contribution in [0.3, 0.4) is 0 Å². The summed E-state index contributed by atoms with van der Waals surface area (Å²) in [5, 5.41) is 2.11. The van der Waals surface area contributed by atoms with E-state index in [2.05, 4.69) is 5.32 Å². The third-order valence-corrected chi connectivity index (χ3v) is 6.90. The quantitative estimate of drug-likeness (QED) is 0.243. The summed E-state index contributed by atoms with van der Waals surface area (Å²) in [6.07, 6.45) is 1.53. The van der Waals surface area contributed by atoms with Crippen molar-refractivity contribution in [1.29, 1.82) is 0 Å². The van der Waals surface area contributed by atoms with Crippen LogP contribution in [0.15, 0.2) is 35.2 Å². The molecule has 13 heteroatoms. The average molecular weight is 654 g/mol. The molecule has 11 nitrogen and oxygen atoms in total. The predicted molar refractivity (Wildman–Crippen MR) is 147 cm³/mol. The van der Waals surface area contributed by atoms with Crippen LogP contribution >= 0.6 is 34.4 Å². The second-order valence-electron chi connectivity index (χ2n) is 7.80. The molecule has 2 aliphatic rings. The van der Waals surface area contributed by atoms with Crippen LogP contribution in [0.1, 0.15) is 12.5 Å². The number of ether oxygens (including phenoxy) is 5. The Bertz CT molecular complexity index is 1310. The lowest BCUT2D eigenvalue weighted by atomic mass is 10.2. The van der Waals surface area contributed by atoms with Gasteiger partial charge in [0.2, 0.25) is 5.91 Å². The second-order valence-corrected chi connectivity index (χ2v) is 9.96. The molecule has 2 aromatic rings. The highest BCUT2D eigenvalue weighted by Crippen LogP contribution is 2.37. The van der Waals surface area contributed by atoms with Crippen molar-refractivity contribution in [1.82, 2.24) is 4.90 Å². The zero-order chi connectivity index (χ0) is 27.2. The highest BCUT2D eigenvalue weighted by atomic mass is 127. The number of imide groups is 1. The van der Waals surface area contributed by atoms with Crippen molar-refractivity contribution in [2.75, 3.05) is 45.4 Å². The van der Waals surface area contributed by atoms with Gasteiger partial charge in [0.05, 0.1) is 22.2 Å². The number of amides is 3. The van der Waals surface area contributed by atoms with Crippen LogP contribution in [0.25, 0.3) is 6.08 Å². The maximum absolute atomic E-state index is 12.9. The van der Waals surface area contributed by atoms with E-state index in [0.29, 0.717) is 51.0 Å². The first-order chi connectivity index (χ1) is 18.3. The standard InChI is InChI=1S/C25H23IN2O9S/c1-3-34-22(30)13-37-23-16(26)8-14(9-19(23)33-2)10-20-24(31)28(25(32)38-20)12-21(29)27-15-4-5-17-18(11-15)36-7-6-35-17/h4-5,8-11H,3,6-7,12-13H2,1-2H3,(H,27,29)/b20-10+. The highest BCUT2D eigenvalue weighted by Gasteiger charge is 2.36. The number of carbonyl (C=O) groups excluding carboxylic acids is 4. The monoisotopic (exact) mass is 654 g/mol. The van der Waals surface area contributed by atoms with E-state index < -0.39 is 29.6 Å². The molecule has 0 radical (unpaired) electrons. The van der Waals surface area contributed by atoms with Crippen molar-refractivity contribution in [3.8, 4) is 23.0 Å². The number of carbonyl (C=O) groups is 4. The number of rotatable bonds is 9. The van der Waals surface area contributed by atoms with Gasteiger partial charge in [-0.25, -0.2) is 4.79 Å². The first kappa shape index (κ1) is 27.6. The van der Waals surface area contributed by atoms with Crippen LogP contribution in [0.5, 0.6) is 23.0 Å². The van der Waals surface area contributed by atoms with E-state index in [1.165, 1.54) is 13.2 Å². The first-order valence-corrected chi connectivity index (χ1v) is 13.3. The number of fused-ring (bicyclic) bond motifs is 1. The van der Waals surface area contributed by atoms with Gasteiger partial charge >= 0.3 is 5.97 Å². The molecule has 0 aromatic heterocycles. The molecule has 0 unspecified atom stereocenters. The van der Waals surface area contributed by atoms with Gasteiger partial charge in [0.25, 0.3) is 11.1 Å². The zero-order valence-corrected chi connectivity index (χ0v) is 23.4. The molecular formula is C25H23IN2O9S. The minimum absolute atomic E-state index is 0.153. The lowest BCUT2D eigenvalue weighted by molar-refractivity contribution is -0.145. The molecule has 0 bridgehead atoms. The lowest BCUT2D eigenvalue weighted by Gasteiger charge is -2.19. The number of hydrogen-bond donors (Lipinski definition) is 1. The molecule has 2 aliphatic heterocycles. The van der Waals surface area contributed by atoms with Gasteiger partial charge in [-0.05, 0) is 77.2 Å². The summed E-state index contributed by atoms with van der Waals surface area (Å²) in [5.74, 6) is 0.132. The Hall–Kier alpha value is -3.46. The van der Waals surface area contributed by atoms with E-state index in [0.717, 1.165) is 16.7 Å². The van der Waals surface area contributed by atoms with Crippen molar-refractivity contribution in [3.05, 3.63) is 44.4 Å². The number of benzene rings is 2. The maximum Gasteiger partial charge on any atom is 0.344 e. The summed E-state index contributed by atoms with van der Waals surface area (Å²) in [5.41, 5.74) is 1.02. The van der Waals surface area contributed by atoms with E-state index in [9.17, 15) is 19.2 Å². The van der Waals surface area contributed by atoms with Gasteiger partial charge < -0.3 is 29.0 Å². The van der Waals surface area contributed by atoms with Crippen LogP contribution in [-0.4, -0.2) is 68.0 Å². The van der Waals surface area contributed by atoms with E-state index in [1.54, 1.807) is 37.3 Å². The molecule has 0 aliphatic carbocycles. The number of esters is 1. The van der Waals surface area contributed by atoms with E-state index in [4.69, 9.17) is 23.7 Å². The molecule has 1 N–H and O–H groups in total. The second kappa shape index (κ2) is 12.4. The Labute approximate surface area is 235 Å².